The molecule has 0 N–H and O–H groups in total. The smallest absolute Gasteiger partial charge is 0.0328 e. The van der Waals surface area contributed by atoms with Gasteiger partial charge >= 0.3 is 0 Å². The lowest BCUT2D eigenvalue weighted by Gasteiger charge is -2.32. The van der Waals surface area contributed by atoms with Crippen LogP contribution in [0.5, 0.6) is 0 Å². The third-order valence-corrected chi connectivity index (χ3v) is 3.42. The van der Waals surface area contributed by atoms with Gasteiger partial charge in [0.15, 0.2) is 0 Å². The Morgan fingerprint density at radius 3 is 1.92 bits per heavy atom. The molecule has 0 bridgehead atoms. The van der Waals surface area contributed by atoms with Crippen molar-refractivity contribution in [2.24, 2.45) is 17.3 Å². The molecule has 0 fully saturated rings. The Bertz CT molecular complexity index is 122. The van der Waals surface area contributed by atoms with E-state index in [0.29, 0.717) is 5.41 Å². The lowest BCUT2D eigenvalue weighted by molar-refractivity contribution is 0.186. The molecule has 1 atom stereocenters. The van der Waals surface area contributed by atoms with Crippen LogP contribution < -0.4 is 0 Å². The van der Waals surface area contributed by atoms with Gasteiger partial charge < -0.3 is 0 Å². The SMILES string of the molecule is CCCC(C)C(C)(C)CCC(C)C. The zero-order chi connectivity index (χ0) is 10.5. The molecule has 80 valence electrons. The summed E-state index contributed by atoms with van der Waals surface area (Å²) >= 11 is 0. The summed E-state index contributed by atoms with van der Waals surface area (Å²) in [6.45, 7) is 14.2. The molecule has 0 amide bonds. The molecular weight excluding hydrogens is 156 g/mol. The van der Waals surface area contributed by atoms with Gasteiger partial charge in [-0.2, -0.15) is 0 Å². The first-order chi connectivity index (χ1) is 5.90. The van der Waals surface area contributed by atoms with Crippen molar-refractivity contribution >= 4 is 0 Å². The van der Waals surface area contributed by atoms with Crippen molar-refractivity contribution in [2.75, 3.05) is 0 Å². The molecule has 1 unspecified atom stereocenters. The number of rotatable bonds is 6. The molecule has 0 radical (unpaired) electrons. The van der Waals surface area contributed by atoms with Crippen LogP contribution in [-0.4, -0.2) is 0 Å². The lowest BCUT2D eigenvalue weighted by atomic mass is 9.73. The standard InChI is InChI=1S/C13H28/c1-7-8-12(4)13(5,6)10-9-11(2)3/h11-12H,7-10H2,1-6H3. The molecule has 0 saturated carbocycles. The molecule has 0 saturated heterocycles. The second-order valence-electron chi connectivity index (χ2n) is 5.61. The van der Waals surface area contributed by atoms with Gasteiger partial charge in [-0.05, 0) is 23.7 Å². The molecule has 0 heterocycles. The van der Waals surface area contributed by atoms with Crippen LogP contribution in [0.15, 0.2) is 0 Å². The van der Waals surface area contributed by atoms with Crippen LogP contribution in [0.2, 0.25) is 0 Å². The summed E-state index contributed by atoms with van der Waals surface area (Å²) in [5.74, 6) is 1.73. The van der Waals surface area contributed by atoms with E-state index >= 15 is 0 Å². The first kappa shape index (κ1) is 13.0. The molecule has 0 aliphatic heterocycles. The average molecular weight is 184 g/mol. The normalized spacial score (nSPS) is 15.0. The van der Waals surface area contributed by atoms with E-state index in [1.165, 1.54) is 25.7 Å². The first-order valence-corrected chi connectivity index (χ1v) is 5.90. The summed E-state index contributed by atoms with van der Waals surface area (Å²) < 4.78 is 0. The van der Waals surface area contributed by atoms with E-state index in [-0.39, 0.29) is 0 Å². The maximum Gasteiger partial charge on any atom is -0.0328 e. The molecule has 0 heteroatoms. The monoisotopic (exact) mass is 184 g/mol. The molecular formula is C13H28. The Balaban J connectivity index is 3.90. The Labute approximate surface area is 85.1 Å². The second-order valence-corrected chi connectivity index (χ2v) is 5.61. The van der Waals surface area contributed by atoms with Crippen LogP contribution in [0.3, 0.4) is 0 Å². The highest BCUT2D eigenvalue weighted by molar-refractivity contribution is 4.75. The van der Waals surface area contributed by atoms with Crippen molar-refractivity contribution in [3.63, 3.8) is 0 Å². The van der Waals surface area contributed by atoms with Gasteiger partial charge in [0.25, 0.3) is 0 Å². The number of hydrogen-bond acceptors (Lipinski definition) is 0. The molecule has 0 spiro atoms. The molecule has 0 aliphatic carbocycles. The van der Waals surface area contributed by atoms with Gasteiger partial charge in [0.1, 0.15) is 0 Å². The maximum atomic E-state index is 2.43. The highest BCUT2D eigenvalue weighted by atomic mass is 14.3. The number of hydrogen-bond donors (Lipinski definition) is 0. The van der Waals surface area contributed by atoms with E-state index in [0.717, 1.165) is 11.8 Å². The molecule has 0 aliphatic rings. The summed E-state index contributed by atoms with van der Waals surface area (Å²) in [5.41, 5.74) is 0.542. The molecule has 0 aromatic heterocycles. The van der Waals surface area contributed by atoms with Gasteiger partial charge in [-0.3, -0.25) is 0 Å². The fraction of sp³-hybridized carbons (Fsp3) is 1.00. The average Bonchev–Trinajstić information content (AvgIpc) is 2.01. The van der Waals surface area contributed by atoms with Crippen LogP contribution in [0.1, 0.15) is 67.2 Å². The second kappa shape index (κ2) is 5.67. The van der Waals surface area contributed by atoms with E-state index in [2.05, 4.69) is 41.5 Å². The van der Waals surface area contributed by atoms with Gasteiger partial charge in [-0.25, -0.2) is 0 Å². The van der Waals surface area contributed by atoms with Crippen molar-refractivity contribution in [1.82, 2.24) is 0 Å². The lowest BCUT2D eigenvalue weighted by Crippen LogP contribution is -2.22. The Morgan fingerprint density at radius 2 is 1.54 bits per heavy atom. The summed E-state index contributed by atoms with van der Waals surface area (Å²) in [4.78, 5) is 0. The molecule has 0 aromatic carbocycles. The van der Waals surface area contributed by atoms with E-state index in [1.54, 1.807) is 0 Å². The van der Waals surface area contributed by atoms with Crippen LogP contribution in [0.4, 0.5) is 0 Å². The van der Waals surface area contributed by atoms with E-state index in [1.807, 2.05) is 0 Å². The highest BCUT2D eigenvalue weighted by Crippen LogP contribution is 2.35. The summed E-state index contributed by atoms with van der Waals surface area (Å²) in [6, 6.07) is 0. The zero-order valence-electron chi connectivity index (χ0n) is 10.5. The van der Waals surface area contributed by atoms with Gasteiger partial charge in [0, 0.05) is 0 Å². The summed E-state index contributed by atoms with van der Waals surface area (Å²) in [6.07, 6.45) is 5.46. The minimum Gasteiger partial charge on any atom is -0.0654 e. The van der Waals surface area contributed by atoms with Crippen molar-refractivity contribution in [3.05, 3.63) is 0 Å². The quantitative estimate of drug-likeness (QED) is 0.551. The fourth-order valence-electron chi connectivity index (χ4n) is 1.73. The van der Waals surface area contributed by atoms with Crippen LogP contribution in [0, 0.1) is 17.3 Å². The molecule has 0 nitrogen and oxygen atoms in total. The van der Waals surface area contributed by atoms with Crippen molar-refractivity contribution in [1.29, 1.82) is 0 Å². The fourth-order valence-corrected chi connectivity index (χ4v) is 1.73. The predicted molar refractivity (Wildman–Crippen MR) is 61.9 cm³/mol. The highest BCUT2D eigenvalue weighted by Gasteiger charge is 2.24. The van der Waals surface area contributed by atoms with E-state index in [4.69, 9.17) is 0 Å². The van der Waals surface area contributed by atoms with Crippen LogP contribution >= 0.6 is 0 Å². The molecule has 0 rings (SSSR count). The van der Waals surface area contributed by atoms with Crippen molar-refractivity contribution in [3.8, 4) is 0 Å². The van der Waals surface area contributed by atoms with E-state index in [9.17, 15) is 0 Å². The van der Waals surface area contributed by atoms with Crippen molar-refractivity contribution in [2.45, 2.75) is 67.2 Å². The third-order valence-electron chi connectivity index (χ3n) is 3.42. The van der Waals surface area contributed by atoms with Crippen molar-refractivity contribution < 1.29 is 0 Å². The Morgan fingerprint density at radius 1 is 1.00 bits per heavy atom. The topological polar surface area (TPSA) is 0 Å². The Hall–Kier alpha value is 0. The largest absolute Gasteiger partial charge is 0.0654 e. The van der Waals surface area contributed by atoms with Gasteiger partial charge in [-0.1, -0.05) is 60.8 Å². The first-order valence-electron chi connectivity index (χ1n) is 5.90. The molecule has 0 aromatic rings. The van der Waals surface area contributed by atoms with Crippen LogP contribution in [0.25, 0.3) is 0 Å². The molecule has 13 heavy (non-hydrogen) atoms. The van der Waals surface area contributed by atoms with Gasteiger partial charge in [0.2, 0.25) is 0 Å². The minimum absolute atomic E-state index is 0.542. The zero-order valence-corrected chi connectivity index (χ0v) is 10.5. The van der Waals surface area contributed by atoms with Gasteiger partial charge in [0.05, 0.1) is 0 Å². The van der Waals surface area contributed by atoms with E-state index < -0.39 is 0 Å². The predicted octanol–water partition coefficient (Wildman–Crippen LogP) is 4.89. The summed E-state index contributed by atoms with van der Waals surface area (Å²) in [7, 11) is 0. The Kier molecular flexibility index (Phi) is 5.67. The third kappa shape index (κ3) is 5.33. The van der Waals surface area contributed by atoms with Gasteiger partial charge in [-0.15, -0.1) is 0 Å². The maximum absolute atomic E-state index is 2.43. The minimum atomic E-state index is 0.542. The van der Waals surface area contributed by atoms with Crippen LogP contribution in [-0.2, 0) is 0 Å². The summed E-state index contributed by atoms with van der Waals surface area (Å²) in [5, 5.41) is 0.